The number of hydrogen-bond acceptors (Lipinski definition) is 2. The molecule has 0 spiro atoms. The van der Waals surface area contributed by atoms with Crippen LogP contribution in [0, 0.1) is 12.7 Å². The predicted octanol–water partition coefficient (Wildman–Crippen LogP) is 3.35. The molecule has 0 aliphatic carbocycles. The summed E-state index contributed by atoms with van der Waals surface area (Å²) in [6.45, 7) is 2.35. The Morgan fingerprint density at radius 1 is 1.29 bits per heavy atom. The van der Waals surface area contributed by atoms with Crippen LogP contribution in [-0.4, -0.2) is 27.9 Å². The average Bonchev–Trinajstić information content (AvgIpc) is 2.97. The summed E-state index contributed by atoms with van der Waals surface area (Å²) in [4.78, 5) is 21.3. The van der Waals surface area contributed by atoms with Crippen LogP contribution in [0.3, 0.4) is 0 Å². The Labute approximate surface area is 139 Å². The van der Waals surface area contributed by atoms with E-state index in [9.17, 15) is 9.18 Å². The zero-order valence-electron chi connectivity index (χ0n) is 13.6. The van der Waals surface area contributed by atoms with E-state index in [1.165, 1.54) is 11.0 Å². The van der Waals surface area contributed by atoms with Gasteiger partial charge < -0.3 is 15.2 Å². The summed E-state index contributed by atoms with van der Waals surface area (Å²) >= 11 is 0. The molecular weight excluding hydrogens is 307 g/mol. The molecule has 0 aliphatic rings. The summed E-state index contributed by atoms with van der Waals surface area (Å²) in [5.41, 5.74) is 3.13. The van der Waals surface area contributed by atoms with Crippen LogP contribution in [0.5, 0.6) is 0 Å². The maximum Gasteiger partial charge on any atom is 0.317 e. The largest absolute Gasteiger partial charge is 0.340 e. The molecule has 0 bridgehead atoms. The van der Waals surface area contributed by atoms with Crippen molar-refractivity contribution >= 4 is 17.1 Å². The van der Waals surface area contributed by atoms with Crippen LogP contribution < -0.4 is 5.32 Å². The molecule has 0 radical (unpaired) electrons. The first-order chi connectivity index (χ1) is 11.5. The van der Waals surface area contributed by atoms with Gasteiger partial charge in [-0.25, -0.2) is 14.2 Å². The number of amides is 2. The summed E-state index contributed by atoms with van der Waals surface area (Å²) < 4.78 is 13.5. The van der Waals surface area contributed by atoms with Gasteiger partial charge in [0.05, 0.1) is 17.6 Å². The van der Waals surface area contributed by atoms with Crippen molar-refractivity contribution < 1.29 is 9.18 Å². The van der Waals surface area contributed by atoms with Gasteiger partial charge in [0.15, 0.2) is 0 Å². The monoisotopic (exact) mass is 326 g/mol. The van der Waals surface area contributed by atoms with Gasteiger partial charge in [-0.15, -0.1) is 0 Å². The molecule has 1 aromatic heterocycles. The molecular formula is C18H19FN4O. The smallest absolute Gasteiger partial charge is 0.317 e. The zero-order chi connectivity index (χ0) is 17.1. The Morgan fingerprint density at radius 2 is 2.08 bits per heavy atom. The van der Waals surface area contributed by atoms with Gasteiger partial charge in [0.2, 0.25) is 0 Å². The molecule has 0 atom stereocenters. The third-order valence-corrected chi connectivity index (χ3v) is 3.85. The fourth-order valence-electron chi connectivity index (χ4n) is 2.44. The van der Waals surface area contributed by atoms with Gasteiger partial charge >= 0.3 is 6.03 Å². The number of halogens is 1. The molecule has 2 N–H and O–H groups in total. The fourth-order valence-corrected chi connectivity index (χ4v) is 2.44. The Balaban J connectivity index is 1.58. The van der Waals surface area contributed by atoms with E-state index < -0.39 is 0 Å². The number of carbonyl (C=O) groups excluding carboxylic acids is 1. The number of aromatic amines is 1. The van der Waals surface area contributed by atoms with Crippen molar-refractivity contribution in [1.29, 1.82) is 0 Å². The molecule has 0 aliphatic heterocycles. The Hall–Kier alpha value is -2.89. The number of hydrogen-bond donors (Lipinski definition) is 2. The average molecular weight is 326 g/mol. The van der Waals surface area contributed by atoms with Crippen LogP contribution in [0.1, 0.15) is 17.0 Å². The van der Waals surface area contributed by atoms with Gasteiger partial charge in [-0.1, -0.05) is 24.3 Å². The summed E-state index contributed by atoms with van der Waals surface area (Å²) in [6.07, 6.45) is 0. The maximum atomic E-state index is 13.5. The lowest BCUT2D eigenvalue weighted by Crippen LogP contribution is -2.36. The molecule has 2 amide bonds. The number of benzene rings is 2. The minimum atomic E-state index is -0.266. The van der Waals surface area contributed by atoms with Gasteiger partial charge in [0.1, 0.15) is 11.6 Å². The van der Waals surface area contributed by atoms with E-state index in [-0.39, 0.29) is 18.4 Å². The predicted molar refractivity (Wildman–Crippen MR) is 90.9 cm³/mol. The molecule has 5 nitrogen and oxygen atoms in total. The van der Waals surface area contributed by atoms with Crippen LogP contribution >= 0.6 is 0 Å². The SMILES string of the molecule is Cc1ccc(CNC(=O)N(C)Cc2nc3ccccc3[nH]2)cc1F. The van der Waals surface area contributed by atoms with Gasteiger partial charge in [0, 0.05) is 13.6 Å². The van der Waals surface area contributed by atoms with Crippen LogP contribution in [0.15, 0.2) is 42.5 Å². The number of aryl methyl sites for hydroxylation is 1. The molecule has 2 aromatic carbocycles. The van der Waals surface area contributed by atoms with Crippen molar-refractivity contribution in [1.82, 2.24) is 20.2 Å². The molecule has 0 saturated carbocycles. The maximum absolute atomic E-state index is 13.5. The summed E-state index contributed by atoms with van der Waals surface area (Å²) in [7, 11) is 1.69. The van der Waals surface area contributed by atoms with E-state index in [4.69, 9.17) is 0 Å². The van der Waals surface area contributed by atoms with Gasteiger partial charge in [-0.05, 0) is 36.2 Å². The Morgan fingerprint density at radius 3 is 2.83 bits per heavy atom. The molecule has 3 rings (SSSR count). The lowest BCUT2D eigenvalue weighted by Gasteiger charge is -2.16. The number of nitrogens with zero attached hydrogens (tertiary/aromatic N) is 2. The number of rotatable bonds is 4. The number of nitrogens with one attached hydrogen (secondary N) is 2. The minimum Gasteiger partial charge on any atom is -0.340 e. The van der Waals surface area contributed by atoms with Crippen molar-refractivity contribution in [2.75, 3.05) is 7.05 Å². The Bertz CT molecular complexity index is 841. The van der Waals surface area contributed by atoms with Gasteiger partial charge in [-0.3, -0.25) is 0 Å². The van der Waals surface area contributed by atoms with Crippen LogP contribution in [0.2, 0.25) is 0 Å². The molecule has 124 valence electrons. The molecule has 6 heteroatoms. The van der Waals surface area contributed by atoms with Crippen molar-refractivity contribution in [2.45, 2.75) is 20.0 Å². The molecule has 1 heterocycles. The summed E-state index contributed by atoms with van der Waals surface area (Å²) in [5, 5.41) is 2.78. The highest BCUT2D eigenvalue weighted by Crippen LogP contribution is 2.12. The molecule has 0 unspecified atom stereocenters. The highest BCUT2D eigenvalue weighted by atomic mass is 19.1. The van der Waals surface area contributed by atoms with E-state index in [0.717, 1.165) is 22.4 Å². The standard InChI is InChI=1S/C18H19FN4O/c1-12-7-8-13(9-14(12)19)10-20-18(24)23(2)11-17-21-15-5-3-4-6-16(15)22-17/h3-9H,10-11H2,1-2H3,(H,20,24)(H,21,22). The van der Waals surface area contributed by atoms with Crippen LogP contribution in [0.25, 0.3) is 11.0 Å². The minimum absolute atomic E-state index is 0.239. The number of para-hydroxylation sites is 2. The van der Waals surface area contributed by atoms with Crippen LogP contribution in [0.4, 0.5) is 9.18 Å². The Kier molecular flexibility index (Phi) is 4.46. The van der Waals surface area contributed by atoms with E-state index >= 15 is 0 Å². The van der Waals surface area contributed by atoms with E-state index in [1.54, 1.807) is 26.1 Å². The molecule has 0 saturated heterocycles. The van der Waals surface area contributed by atoms with Gasteiger partial charge in [-0.2, -0.15) is 0 Å². The second-order valence-corrected chi connectivity index (χ2v) is 5.80. The van der Waals surface area contributed by atoms with E-state index in [2.05, 4.69) is 15.3 Å². The normalized spacial score (nSPS) is 10.8. The second-order valence-electron chi connectivity index (χ2n) is 5.80. The summed E-state index contributed by atoms with van der Waals surface area (Å²) in [5.74, 6) is 0.451. The van der Waals surface area contributed by atoms with Crippen LogP contribution in [-0.2, 0) is 13.1 Å². The number of carbonyl (C=O) groups is 1. The van der Waals surface area contributed by atoms with Gasteiger partial charge in [0.25, 0.3) is 0 Å². The molecule has 24 heavy (non-hydrogen) atoms. The number of H-pyrrole nitrogens is 1. The summed E-state index contributed by atoms with van der Waals surface area (Å²) in [6, 6.07) is 12.4. The third kappa shape index (κ3) is 3.53. The first-order valence-corrected chi connectivity index (χ1v) is 7.70. The van der Waals surface area contributed by atoms with Crippen molar-refractivity contribution in [2.24, 2.45) is 0 Å². The highest BCUT2D eigenvalue weighted by molar-refractivity contribution is 5.75. The number of aromatic nitrogens is 2. The molecule has 3 aromatic rings. The third-order valence-electron chi connectivity index (χ3n) is 3.85. The number of imidazole rings is 1. The quantitative estimate of drug-likeness (QED) is 0.772. The lowest BCUT2D eigenvalue weighted by atomic mass is 10.1. The number of urea groups is 1. The second kappa shape index (κ2) is 6.70. The zero-order valence-corrected chi connectivity index (χ0v) is 13.6. The first kappa shape index (κ1) is 16.0. The van der Waals surface area contributed by atoms with Crippen molar-refractivity contribution in [3.05, 3.63) is 65.2 Å². The lowest BCUT2D eigenvalue weighted by molar-refractivity contribution is 0.205. The van der Waals surface area contributed by atoms with E-state index in [1.807, 2.05) is 24.3 Å². The highest BCUT2D eigenvalue weighted by Gasteiger charge is 2.11. The topological polar surface area (TPSA) is 61.0 Å². The van der Waals surface area contributed by atoms with Crippen molar-refractivity contribution in [3.8, 4) is 0 Å². The van der Waals surface area contributed by atoms with Crippen molar-refractivity contribution in [3.63, 3.8) is 0 Å². The number of fused-ring (bicyclic) bond motifs is 1. The molecule has 0 fully saturated rings. The van der Waals surface area contributed by atoms with E-state index in [0.29, 0.717) is 12.1 Å². The first-order valence-electron chi connectivity index (χ1n) is 7.70. The fraction of sp³-hybridized carbons (Fsp3) is 0.222.